The molecule has 25 heavy (non-hydrogen) atoms. The van der Waals surface area contributed by atoms with E-state index < -0.39 is 10.0 Å². The zero-order valence-corrected chi connectivity index (χ0v) is 15.1. The molecule has 2 aromatic rings. The minimum Gasteiger partial charge on any atom is -0.361 e. The molecule has 0 saturated heterocycles. The van der Waals surface area contributed by atoms with Crippen LogP contribution in [0.15, 0.2) is 27.6 Å². The molecule has 0 spiro atoms. The molecule has 0 fully saturated rings. The van der Waals surface area contributed by atoms with Crippen LogP contribution in [-0.4, -0.2) is 26.0 Å². The predicted octanol–water partition coefficient (Wildman–Crippen LogP) is 1.56. The first-order valence-electron chi connectivity index (χ1n) is 8.33. The molecule has 8 heteroatoms. The number of carbonyl (C=O) groups excluding carboxylic acids is 1. The number of aryl methyl sites for hydroxylation is 2. The lowest BCUT2D eigenvalue weighted by Gasteiger charge is -2.17. The maximum Gasteiger partial charge on any atom is 0.251 e. The predicted molar refractivity (Wildman–Crippen MR) is 91.8 cm³/mol. The Labute approximate surface area is 146 Å². The van der Waals surface area contributed by atoms with Crippen molar-refractivity contribution < 1.29 is 17.7 Å². The first-order valence-corrected chi connectivity index (χ1v) is 9.81. The van der Waals surface area contributed by atoms with Crippen molar-refractivity contribution >= 4 is 15.9 Å². The maximum absolute atomic E-state index is 12.6. The quantitative estimate of drug-likeness (QED) is 0.811. The van der Waals surface area contributed by atoms with Gasteiger partial charge in [-0.3, -0.25) is 4.79 Å². The van der Waals surface area contributed by atoms with Gasteiger partial charge in [0.15, 0.2) is 0 Å². The van der Waals surface area contributed by atoms with E-state index in [4.69, 9.17) is 4.52 Å². The lowest BCUT2D eigenvalue weighted by molar-refractivity contribution is 0.0945. The summed E-state index contributed by atoms with van der Waals surface area (Å²) in [4.78, 5) is 12.0. The van der Waals surface area contributed by atoms with Crippen LogP contribution < -0.4 is 10.0 Å². The van der Waals surface area contributed by atoms with Gasteiger partial charge in [-0.05, 0) is 30.5 Å². The lowest BCUT2D eigenvalue weighted by atomic mass is 10.0. The molecular formula is C17H21N3O4S. The monoisotopic (exact) mass is 363 g/mol. The summed E-state index contributed by atoms with van der Waals surface area (Å²) in [5, 5.41) is 6.71. The van der Waals surface area contributed by atoms with Crippen molar-refractivity contribution in [2.24, 2.45) is 0 Å². The highest BCUT2D eigenvalue weighted by molar-refractivity contribution is 7.89. The highest BCUT2D eigenvalue weighted by Gasteiger charge is 2.22. The van der Waals surface area contributed by atoms with E-state index in [1.165, 1.54) is 12.1 Å². The van der Waals surface area contributed by atoms with Crippen molar-refractivity contribution in [3.8, 4) is 0 Å². The number of carbonyl (C=O) groups is 1. The van der Waals surface area contributed by atoms with E-state index in [1.54, 1.807) is 6.07 Å². The van der Waals surface area contributed by atoms with E-state index in [2.05, 4.69) is 15.2 Å². The molecule has 7 nitrogen and oxygen atoms in total. The van der Waals surface area contributed by atoms with Gasteiger partial charge in [0.05, 0.1) is 10.6 Å². The van der Waals surface area contributed by atoms with Crippen LogP contribution in [0.25, 0.3) is 0 Å². The molecule has 1 aliphatic rings. The lowest BCUT2D eigenvalue weighted by Crippen LogP contribution is -2.32. The van der Waals surface area contributed by atoms with E-state index in [9.17, 15) is 13.2 Å². The molecule has 0 unspecified atom stereocenters. The molecule has 2 N–H and O–H groups in total. The SMILES string of the molecule is CCc1noc(CC)c1CNS(=O)(=O)c1ccc2c(c1)C(=O)NCC2. The van der Waals surface area contributed by atoms with Gasteiger partial charge in [0.1, 0.15) is 5.76 Å². The third kappa shape index (κ3) is 3.45. The maximum atomic E-state index is 12.6. The Morgan fingerprint density at radius 2 is 2.08 bits per heavy atom. The number of nitrogens with one attached hydrogen (secondary N) is 2. The fraction of sp³-hybridized carbons (Fsp3) is 0.412. The zero-order valence-electron chi connectivity index (χ0n) is 14.3. The molecule has 1 aromatic carbocycles. The van der Waals surface area contributed by atoms with Gasteiger partial charge in [0, 0.05) is 30.6 Å². The first-order chi connectivity index (χ1) is 12.0. The smallest absolute Gasteiger partial charge is 0.251 e. The number of fused-ring (bicyclic) bond motifs is 1. The molecule has 0 atom stereocenters. The topological polar surface area (TPSA) is 101 Å². The van der Waals surface area contributed by atoms with Gasteiger partial charge in [-0.1, -0.05) is 25.1 Å². The summed E-state index contributed by atoms with van der Waals surface area (Å²) in [5.74, 6) is 0.447. The number of rotatable bonds is 6. The molecule has 2 heterocycles. The molecule has 0 bridgehead atoms. The highest BCUT2D eigenvalue weighted by Crippen LogP contribution is 2.20. The molecule has 3 rings (SSSR count). The van der Waals surface area contributed by atoms with Crippen molar-refractivity contribution in [3.05, 3.63) is 46.3 Å². The van der Waals surface area contributed by atoms with Gasteiger partial charge in [-0.25, -0.2) is 13.1 Å². The summed E-state index contributed by atoms with van der Waals surface area (Å²) in [5.41, 5.74) is 2.82. The number of hydrogen-bond acceptors (Lipinski definition) is 5. The molecular weight excluding hydrogens is 342 g/mol. The second-order valence-corrected chi connectivity index (χ2v) is 7.65. The Kier molecular flexibility index (Phi) is 4.91. The Morgan fingerprint density at radius 1 is 1.28 bits per heavy atom. The Hall–Kier alpha value is -2.19. The van der Waals surface area contributed by atoms with Crippen molar-refractivity contribution in [2.45, 2.75) is 44.6 Å². The van der Waals surface area contributed by atoms with Crippen LogP contribution in [0.5, 0.6) is 0 Å². The second-order valence-electron chi connectivity index (χ2n) is 5.89. The van der Waals surface area contributed by atoms with Gasteiger partial charge in [-0.15, -0.1) is 0 Å². The fourth-order valence-corrected chi connectivity index (χ4v) is 3.97. The van der Waals surface area contributed by atoms with E-state index >= 15 is 0 Å². The minimum atomic E-state index is -3.74. The average Bonchev–Trinajstić information content (AvgIpc) is 3.02. The fourth-order valence-electron chi connectivity index (χ4n) is 2.95. The standard InChI is InChI=1S/C17H21N3O4S/c1-3-15-14(16(4-2)24-20-15)10-19-25(22,23)12-6-5-11-7-8-18-17(21)13(11)9-12/h5-6,9,19H,3-4,7-8,10H2,1-2H3,(H,18,21). The van der Waals surface area contributed by atoms with Gasteiger partial charge in [-0.2, -0.15) is 0 Å². The number of sulfonamides is 1. The number of aromatic nitrogens is 1. The summed E-state index contributed by atoms with van der Waals surface area (Å²) >= 11 is 0. The number of hydrogen-bond donors (Lipinski definition) is 2. The largest absolute Gasteiger partial charge is 0.361 e. The van der Waals surface area contributed by atoms with Crippen molar-refractivity contribution in [2.75, 3.05) is 6.54 Å². The Balaban J connectivity index is 1.85. The summed E-state index contributed by atoms with van der Waals surface area (Å²) < 4.78 is 33.1. The summed E-state index contributed by atoms with van der Waals surface area (Å²) in [6, 6.07) is 4.67. The first kappa shape index (κ1) is 17.6. The van der Waals surface area contributed by atoms with Crippen LogP contribution in [0.3, 0.4) is 0 Å². The Morgan fingerprint density at radius 3 is 2.80 bits per heavy atom. The number of amides is 1. The Bertz CT molecular complexity index is 881. The molecule has 1 aliphatic heterocycles. The van der Waals surface area contributed by atoms with E-state index in [0.29, 0.717) is 37.1 Å². The molecule has 1 aromatic heterocycles. The average molecular weight is 363 g/mol. The number of benzene rings is 1. The van der Waals surface area contributed by atoms with Crippen molar-refractivity contribution in [3.63, 3.8) is 0 Å². The molecule has 0 aliphatic carbocycles. The van der Waals surface area contributed by atoms with Crippen LogP contribution >= 0.6 is 0 Å². The van der Waals surface area contributed by atoms with Crippen LogP contribution in [0.1, 0.15) is 46.8 Å². The van der Waals surface area contributed by atoms with E-state index in [1.807, 2.05) is 13.8 Å². The van der Waals surface area contributed by atoms with Gasteiger partial charge in [0.25, 0.3) is 5.91 Å². The zero-order chi connectivity index (χ0) is 18.0. The summed E-state index contributed by atoms with van der Waals surface area (Å²) in [7, 11) is -3.74. The third-order valence-corrected chi connectivity index (χ3v) is 5.76. The highest BCUT2D eigenvalue weighted by atomic mass is 32.2. The third-order valence-electron chi connectivity index (χ3n) is 4.36. The van der Waals surface area contributed by atoms with E-state index in [0.717, 1.165) is 16.8 Å². The van der Waals surface area contributed by atoms with Crippen molar-refractivity contribution in [1.29, 1.82) is 0 Å². The van der Waals surface area contributed by atoms with Crippen LogP contribution in [-0.2, 0) is 35.8 Å². The van der Waals surface area contributed by atoms with Crippen LogP contribution in [0.2, 0.25) is 0 Å². The van der Waals surface area contributed by atoms with Gasteiger partial charge < -0.3 is 9.84 Å². The normalized spacial score (nSPS) is 14.2. The van der Waals surface area contributed by atoms with Crippen molar-refractivity contribution in [1.82, 2.24) is 15.2 Å². The minimum absolute atomic E-state index is 0.0795. The molecule has 134 valence electrons. The summed E-state index contributed by atoms with van der Waals surface area (Å²) in [6.45, 7) is 4.56. The van der Waals surface area contributed by atoms with Gasteiger partial charge >= 0.3 is 0 Å². The van der Waals surface area contributed by atoms with Gasteiger partial charge in [0.2, 0.25) is 10.0 Å². The van der Waals surface area contributed by atoms with Crippen LogP contribution in [0.4, 0.5) is 0 Å². The van der Waals surface area contributed by atoms with Crippen LogP contribution in [0, 0.1) is 0 Å². The molecule has 0 saturated carbocycles. The summed E-state index contributed by atoms with van der Waals surface area (Å²) in [6.07, 6.45) is 2.01. The second kappa shape index (κ2) is 6.97. The molecule has 1 amide bonds. The van der Waals surface area contributed by atoms with E-state index in [-0.39, 0.29) is 17.3 Å². The number of nitrogens with zero attached hydrogens (tertiary/aromatic N) is 1. The molecule has 0 radical (unpaired) electrons.